The van der Waals surface area contributed by atoms with E-state index in [1.165, 1.54) is 18.1 Å². The summed E-state index contributed by atoms with van der Waals surface area (Å²) in [4.78, 5) is 15.0. The molecule has 0 bridgehead atoms. The molecule has 0 aliphatic carbocycles. The molecule has 0 saturated heterocycles. The van der Waals surface area contributed by atoms with Crippen LogP contribution in [0.3, 0.4) is 0 Å². The van der Waals surface area contributed by atoms with Gasteiger partial charge < -0.3 is 11.1 Å². The van der Waals surface area contributed by atoms with E-state index >= 15 is 0 Å². The van der Waals surface area contributed by atoms with Crippen molar-refractivity contribution >= 4 is 17.7 Å². The van der Waals surface area contributed by atoms with Crippen LogP contribution >= 0.6 is 11.8 Å². The second-order valence-electron chi connectivity index (χ2n) is 2.94. The van der Waals surface area contributed by atoms with E-state index in [0.29, 0.717) is 6.42 Å². The quantitative estimate of drug-likeness (QED) is 0.560. The minimum Gasteiger partial charge on any atom is -0.368 e. The summed E-state index contributed by atoms with van der Waals surface area (Å²) in [5.41, 5.74) is 5.24. The predicted octanol–water partition coefficient (Wildman–Crippen LogP) is -0.250. The third kappa shape index (κ3) is 4.30. The zero-order valence-corrected chi connectivity index (χ0v) is 9.38. The van der Waals surface area contributed by atoms with Gasteiger partial charge in [0.1, 0.15) is 6.33 Å². The van der Waals surface area contributed by atoms with Crippen LogP contribution in [-0.2, 0) is 4.79 Å². The van der Waals surface area contributed by atoms with Gasteiger partial charge in [-0.05, 0) is 13.0 Å². The number of nitrogens with zero attached hydrogens (tertiary/aromatic N) is 2. The molecular formula is C8H15N5OS. The van der Waals surface area contributed by atoms with Crippen LogP contribution < -0.4 is 11.1 Å². The van der Waals surface area contributed by atoms with Crippen LogP contribution in [0.15, 0.2) is 11.5 Å². The molecule has 15 heavy (non-hydrogen) atoms. The van der Waals surface area contributed by atoms with Crippen molar-refractivity contribution in [3.63, 3.8) is 0 Å². The third-order valence-corrected chi connectivity index (χ3v) is 2.74. The van der Waals surface area contributed by atoms with Gasteiger partial charge in [-0.15, -0.1) is 0 Å². The number of rotatable bonds is 7. The molecule has 1 rings (SSSR count). The van der Waals surface area contributed by atoms with E-state index in [2.05, 4.69) is 20.5 Å². The van der Waals surface area contributed by atoms with Crippen molar-refractivity contribution in [1.82, 2.24) is 20.5 Å². The van der Waals surface area contributed by atoms with Crippen molar-refractivity contribution in [1.29, 1.82) is 0 Å². The Labute approximate surface area is 92.4 Å². The first kappa shape index (κ1) is 12.0. The number of primary amides is 1. The van der Waals surface area contributed by atoms with Crippen molar-refractivity contribution < 1.29 is 4.79 Å². The number of nitrogens with two attached hydrogens (primary N) is 1. The molecule has 0 aliphatic rings. The van der Waals surface area contributed by atoms with Crippen LogP contribution in [0.2, 0.25) is 0 Å². The van der Waals surface area contributed by atoms with Gasteiger partial charge in [0.15, 0.2) is 5.16 Å². The second kappa shape index (κ2) is 6.41. The summed E-state index contributed by atoms with van der Waals surface area (Å²) in [6.07, 6.45) is 2.15. The highest BCUT2D eigenvalue weighted by Gasteiger charge is 2.13. The van der Waals surface area contributed by atoms with E-state index in [0.717, 1.165) is 17.5 Å². The normalized spacial score (nSPS) is 12.6. The molecule has 0 spiro atoms. The van der Waals surface area contributed by atoms with Crippen molar-refractivity contribution in [2.24, 2.45) is 5.73 Å². The Morgan fingerprint density at radius 3 is 3.13 bits per heavy atom. The fraction of sp³-hybridized carbons (Fsp3) is 0.625. The molecule has 6 nitrogen and oxygen atoms in total. The summed E-state index contributed by atoms with van der Waals surface area (Å²) in [7, 11) is 0. The number of amides is 1. The van der Waals surface area contributed by atoms with E-state index in [1.807, 2.05) is 6.92 Å². The van der Waals surface area contributed by atoms with Gasteiger partial charge in [0, 0.05) is 5.75 Å². The molecule has 7 heteroatoms. The molecule has 0 saturated carbocycles. The molecule has 1 aromatic rings. The molecule has 84 valence electrons. The molecule has 0 radical (unpaired) electrons. The van der Waals surface area contributed by atoms with Gasteiger partial charge in [-0.3, -0.25) is 9.89 Å². The van der Waals surface area contributed by atoms with E-state index in [-0.39, 0.29) is 11.9 Å². The monoisotopic (exact) mass is 229 g/mol. The molecule has 1 heterocycles. The Bertz CT molecular complexity index is 289. The zero-order chi connectivity index (χ0) is 11.1. The van der Waals surface area contributed by atoms with E-state index < -0.39 is 0 Å². The van der Waals surface area contributed by atoms with Gasteiger partial charge in [-0.2, -0.15) is 5.10 Å². The number of aromatic amines is 1. The van der Waals surface area contributed by atoms with Gasteiger partial charge in [0.05, 0.1) is 6.04 Å². The molecule has 1 atom stereocenters. The Kier molecular flexibility index (Phi) is 5.13. The number of aromatic nitrogens is 3. The number of carbonyl (C=O) groups is 1. The Morgan fingerprint density at radius 1 is 1.80 bits per heavy atom. The van der Waals surface area contributed by atoms with Crippen LogP contribution in [0, 0.1) is 0 Å². The van der Waals surface area contributed by atoms with Crippen LogP contribution in [0.5, 0.6) is 0 Å². The van der Waals surface area contributed by atoms with E-state index in [1.54, 1.807) is 0 Å². The Balaban J connectivity index is 2.25. The summed E-state index contributed by atoms with van der Waals surface area (Å²) in [5.74, 6) is 0.463. The average Bonchev–Trinajstić information content (AvgIpc) is 2.69. The van der Waals surface area contributed by atoms with Crippen LogP contribution in [0.25, 0.3) is 0 Å². The number of H-pyrrole nitrogens is 1. The number of nitrogens with one attached hydrogen (secondary N) is 2. The first-order valence-corrected chi connectivity index (χ1v) is 5.73. The lowest BCUT2D eigenvalue weighted by Gasteiger charge is -2.12. The minimum absolute atomic E-state index is 0.259. The highest BCUT2D eigenvalue weighted by atomic mass is 32.2. The first-order valence-electron chi connectivity index (χ1n) is 4.75. The Morgan fingerprint density at radius 2 is 2.60 bits per heavy atom. The minimum atomic E-state index is -0.310. The lowest BCUT2D eigenvalue weighted by Crippen LogP contribution is -2.41. The molecular weight excluding hydrogens is 214 g/mol. The van der Waals surface area contributed by atoms with Crippen LogP contribution in [0.1, 0.15) is 13.3 Å². The summed E-state index contributed by atoms with van der Waals surface area (Å²) >= 11 is 1.52. The summed E-state index contributed by atoms with van der Waals surface area (Å²) in [6.45, 7) is 2.68. The average molecular weight is 229 g/mol. The molecule has 4 N–H and O–H groups in total. The fourth-order valence-electron chi connectivity index (χ4n) is 1.13. The molecule has 0 aromatic carbocycles. The maximum atomic E-state index is 11.0. The largest absolute Gasteiger partial charge is 0.368 e. The number of carbonyl (C=O) groups excluding carboxylic acids is 1. The summed E-state index contributed by atoms with van der Waals surface area (Å²) < 4.78 is 0. The highest BCUT2D eigenvalue weighted by molar-refractivity contribution is 7.99. The molecule has 1 unspecified atom stereocenters. The Hall–Kier alpha value is -1.08. The topological polar surface area (TPSA) is 96.7 Å². The van der Waals surface area contributed by atoms with Gasteiger partial charge in [-0.25, -0.2) is 4.98 Å². The lowest BCUT2D eigenvalue weighted by molar-refractivity contribution is -0.120. The van der Waals surface area contributed by atoms with Crippen LogP contribution in [0.4, 0.5) is 0 Å². The lowest BCUT2D eigenvalue weighted by atomic mass is 10.2. The third-order valence-electron chi connectivity index (χ3n) is 1.83. The van der Waals surface area contributed by atoms with Crippen LogP contribution in [-0.4, -0.2) is 39.4 Å². The van der Waals surface area contributed by atoms with Crippen molar-refractivity contribution in [2.75, 3.05) is 12.3 Å². The standard InChI is InChI=1S/C8H15N5OS/c1-2-10-6(7(9)14)3-4-15-8-11-5-12-13-8/h5-6,10H,2-4H2,1H3,(H2,9,14)(H,11,12,13). The van der Waals surface area contributed by atoms with Gasteiger partial charge in [0.25, 0.3) is 0 Å². The maximum absolute atomic E-state index is 11.0. The molecule has 1 aromatic heterocycles. The van der Waals surface area contributed by atoms with E-state index in [9.17, 15) is 4.79 Å². The number of hydrogen-bond acceptors (Lipinski definition) is 5. The second-order valence-corrected chi connectivity index (χ2v) is 4.02. The SMILES string of the molecule is CCNC(CCSc1ncn[nH]1)C(N)=O. The highest BCUT2D eigenvalue weighted by Crippen LogP contribution is 2.12. The van der Waals surface area contributed by atoms with E-state index in [4.69, 9.17) is 5.73 Å². The zero-order valence-electron chi connectivity index (χ0n) is 8.56. The summed E-state index contributed by atoms with van der Waals surface area (Å²) in [5, 5.41) is 10.3. The number of thioether (sulfide) groups is 1. The van der Waals surface area contributed by atoms with Crippen molar-refractivity contribution in [3.8, 4) is 0 Å². The summed E-state index contributed by atoms with van der Waals surface area (Å²) in [6, 6.07) is -0.259. The number of likely N-dealkylation sites (N-methyl/N-ethyl adjacent to an activating group) is 1. The van der Waals surface area contributed by atoms with Gasteiger partial charge in [-0.1, -0.05) is 18.7 Å². The van der Waals surface area contributed by atoms with Crippen molar-refractivity contribution in [3.05, 3.63) is 6.33 Å². The first-order chi connectivity index (χ1) is 7.24. The smallest absolute Gasteiger partial charge is 0.234 e. The fourth-order valence-corrected chi connectivity index (χ4v) is 1.91. The van der Waals surface area contributed by atoms with Gasteiger partial charge in [0.2, 0.25) is 5.91 Å². The van der Waals surface area contributed by atoms with Crippen molar-refractivity contribution in [2.45, 2.75) is 24.5 Å². The predicted molar refractivity (Wildman–Crippen MR) is 58.4 cm³/mol. The number of hydrogen-bond donors (Lipinski definition) is 3. The molecule has 0 fully saturated rings. The van der Waals surface area contributed by atoms with Gasteiger partial charge >= 0.3 is 0 Å². The molecule has 0 aliphatic heterocycles. The molecule has 1 amide bonds. The maximum Gasteiger partial charge on any atom is 0.234 e.